The Labute approximate surface area is 146 Å². The molecule has 0 saturated carbocycles. The van der Waals surface area contributed by atoms with Crippen LogP contribution in [-0.4, -0.2) is 24.0 Å². The van der Waals surface area contributed by atoms with Crippen LogP contribution in [0.3, 0.4) is 0 Å². The number of nitrogens with one attached hydrogen (secondary N) is 1. The van der Waals surface area contributed by atoms with Crippen LogP contribution in [0.2, 0.25) is 10.0 Å². The molecule has 0 fully saturated rings. The van der Waals surface area contributed by atoms with Gasteiger partial charge in [0, 0.05) is 21.7 Å². The number of aromatic nitrogens is 1. The van der Waals surface area contributed by atoms with Crippen molar-refractivity contribution in [1.29, 1.82) is 0 Å². The SMILES string of the molecule is COC(=O)c1sc(NC(=O)/C=C/c2c(Cl)cccc2Cl)nc1C. The van der Waals surface area contributed by atoms with Gasteiger partial charge in [0.2, 0.25) is 5.91 Å². The zero-order valence-corrected chi connectivity index (χ0v) is 14.6. The van der Waals surface area contributed by atoms with Crippen molar-refractivity contribution in [2.45, 2.75) is 6.92 Å². The molecule has 0 aliphatic rings. The summed E-state index contributed by atoms with van der Waals surface area (Å²) in [6.45, 7) is 1.66. The van der Waals surface area contributed by atoms with Gasteiger partial charge in [-0.2, -0.15) is 0 Å². The van der Waals surface area contributed by atoms with E-state index in [0.717, 1.165) is 11.3 Å². The number of rotatable bonds is 4. The normalized spacial score (nSPS) is 10.8. The first kappa shape index (κ1) is 17.5. The fourth-order valence-corrected chi connectivity index (χ4v) is 3.12. The molecule has 23 heavy (non-hydrogen) atoms. The van der Waals surface area contributed by atoms with Gasteiger partial charge in [-0.05, 0) is 25.1 Å². The zero-order valence-electron chi connectivity index (χ0n) is 12.2. The number of anilines is 1. The lowest BCUT2D eigenvalue weighted by Crippen LogP contribution is -2.07. The summed E-state index contributed by atoms with van der Waals surface area (Å²) in [6, 6.07) is 5.07. The maximum Gasteiger partial charge on any atom is 0.350 e. The minimum Gasteiger partial charge on any atom is -0.465 e. The minimum atomic E-state index is -0.487. The molecule has 0 aliphatic heterocycles. The standard InChI is InChI=1S/C15H12Cl2N2O3S/c1-8-13(14(21)22-2)23-15(18-8)19-12(20)7-6-9-10(16)4-3-5-11(9)17/h3-7H,1-2H3,(H,18,19,20)/b7-6+. The van der Waals surface area contributed by atoms with Crippen LogP contribution in [0.4, 0.5) is 5.13 Å². The number of halogens is 2. The van der Waals surface area contributed by atoms with Gasteiger partial charge in [0.1, 0.15) is 4.88 Å². The lowest BCUT2D eigenvalue weighted by molar-refractivity contribution is -0.111. The molecule has 0 bridgehead atoms. The highest BCUT2D eigenvalue weighted by Gasteiger charge is 2.16. The van der Waals surface area contributed by atoms with E-state index in [1.165, 1.54) is 19.3 Å². The summed E-state index contributed by atoms with van der Waals surface area (Å²) in [7, 11) is 1.29. The molecule has 120 valence electrons. The predicted molar refractivity (Wildman–Crippen MR) is 92.3 cm³/mol. The Morgan fingerprint density at radius 2 is 1.96 bits per heavy atom. The third-order valence-corrected chi connectivity index (χ3v) is 4.51. The molecular formula is C15H12Cl2N2O3S. The van der Waals surface area contributed by atoms with Crippen LogP contribution in [-0.2, 0) is 9.53 Å². The number of esters is 1. The second-order valence-corrected chi connectivity index (χ2v) is 6.20. The molecule has 0 radical (unpaired) electrons. The summed E-state index contributed by atoms with van der Waals surface area (Å²) >= 11 is 13.1. The summed E-state index contributed by atoms with van der Waals surface area (Å²) < 4.78 is 4.64. The molecule has 1 aromatic carbocycles. The smallest absolute Gasteiger partial charge is 0.350 e. The Morgan fingerprint density at radius 3 is 2.57 bits per heavy atom. The lowest BCUT2D eigenvalue weighted by atomic mass is 10.2. The van der Waals surface area contributed by atoms with Crippen molar-refractivity contribution in [3.63, 3.8) is 0 Å². The molecule has 0 atom stereocenters. The molecular weight excluding hydrogens is 359 g/mol. The molecule has 1 amide bonds. The number of nitrogens with zero attached hydrogens (tertiary/aromatic N) is 1. The van der Waals surface area contributed by atoms with Gasteiger partial charge in [-0.25, -0.2) is 9.78 Å². The van der Waals surface area contributed by atoms with Crippen LogP contribution < -0.4 is 5.32 Å². The van der Waals surface area contributed by atoms with Gasteiger partial charge in [0.15, 0.2) is 5.13 Å². The summed E-state index contributed by atoms with van der Waals surface area (Å²) in [5.41, 5.74) is 1.05. The minimum absolute atomic E-state index is 0.308. The van der Waals surface area contributed by atoms with Crippen LogP contribution in [0, 0.1) is 6.92 Å². The molecule has 1 heterocycles. The second kappa shape index (κ2) is 7.59. The van der Waals surface area contributed by atoms with Crippen molar-refractivity contribution in [3.05, 3.63) is 50.5 Å². The molecule has 2 rings (SSSR count). The number of carbonyl (C=O) groups is 2. The van der Waals surface area contributed by atoms with E-state index in [0.29, 0.717) is 31.3 Å². The Hall–Kier alpha value is -1.89. The monoisotopic (exact) mass is 370 g/mol. The Bertz CT molecular complexity index is 767. The van der Waals surface area contributed by atoms with Crippen molar-refractivity contribution in [2.75, 3.05) is 12.4 Å². The maximum atomic E-state index is 11.9. The van der Waals surface area contributed by atoms with Crippen molar-refractivity contribution in [1.82, 2.24) is 4.98 Å². The van der Waals surface area contributed by atoms with Gasteiger partial charge in [0.25, 0.3) is 0 Å². The Morgan fingerprint density at radius 1 is 1.30 bits per heavy atom. The summed E-state index contributed by atoms with van der Waals surface area (Å²) in [5.74, 6) is -0.898. The van der Waals surface area contributed by atoms with Crippen molar-refractivity contribution < 1.29 is 14.3 Å². The van der Waals surface area contributed by atoms with E-state index >= 15 is 0 Å². The van der Waals surface area contributed by atoms with Crippen molar-refractivity contribution in [2.24, 2.45) is 0 Å². The van der Waals surface area contributed by atoms with Gasteiger partial charge in [-0.3, -0.25) is 10.1 Å². The van der Waals surface area contributed by atoms with Crippen LogP contribution in [0.1, 0.15) is 20.9 Å². The first-order valence-corrected chi connectivity index (χ1v) is 7.98. The van der Waals surface area contributed by atoms with Crippen molar-refractivity contribution >= 4 is 57.6 Å². The Kier molecular flexibility index (Phi) is 5.76. The first-order chi connectivity index (χ1) is 10.9. The predicted octanol–water partition coefficient (Wildman–Crippen LogP) is 4.20. The second-order valence-electron chi connectivity index (χ2n) is 4.38. The molecule has 8 heteroatoms. The molecule has 2 aromatic rings. The zero-order chi connectivity index (χ0) is 17.0. The molecule has 1 aromatic heterocycles. The van der Waals surface area contributed by atoms with E-state index in [1.54, 1.807) is 25.1 Å². The lowest BCUT2D eigenvalue weighted by Gasteiger charge is -2.00. The van der Waals surface area contributed by atoms with Crippen LogP contribution in [0.15, 0.2) is 24.3 Å². The molecule has 1 N–H and O–H groups in total. The Balaban J connectivity index is 2.11. The number of methoxy groups -OCH3 is 1. The molecule has 0 unspecified atom stereocenters. The average molecular weight is 371 g/mol. The third-order valence-electron chi connectivity index (χ3n) is 2.80. The van der Waals surface area contributed by atoms with Crippen LogP contribution in [0.25, 0.3) is 6.08 Å². The molecule has 0 spiro atoms. The topological polar surface area (TPSA) is 68.3 Å². The largest absolute Gasteiger partial charge is 0.465 e. The fraction of sp³-hybridized carbons (Fsp3) is 0.133. The maximum absolute atomic E-state index is 11.9. The van der Waals surface area contributed by atoms with Gasteiger partial charge >= 0.3 is 5.97 Å². The van der Waals surface area contributed by atoms with Crippen LogP contribution in [0.5, 0.6) is 0 Å². The number of ether oxygens (including phenoxy) is 1. The molecule has 5 nitrogen and oxygen atoms in total. The van der Waals surface area contributed by atoms with Gasteiger partial charge in [0.05, 0.1) is 12.8 Å². The first-order valence-electron chi connectivity index (χ1n) is 6.41. The summed E-state index contributed by atoms with van der Waals surface area (Å²) in [4.78, 5) is 27.9. The fourth-order valence-electron chi connectivity index (χ4n) is 1.71. The number of amides is 1. The average Bonchev–Trinajstić information content (AvgIpc) is 2.86. The quantitative estimate of drug-likeness (QED) is 0.646. The van der Waals surface area contributed by atoms with E-state index in [9.17, 15) is 9.59 Å². The summed E-state index contributed by atoms with van der Waals surface area (Å²) in [5, 5.41) is 3.78. The third kappa shape index (κ3) is 4.31. The molecule has 0 saturated heterocycles. The van der Waals surface area contributed by atoms with Gasteiger partial charge < -0.3 is 4.74 Å². The number of aryl methyl sites for hydroxylation is 1. The van der Waals surface area contributed by atoms with Crippen LogP contribution >= 0.6 is 34.5 Å². The van der Waals surface area contributed by atoms with E-state index in [-0.39, 0.29) is 0 Å². The van der Waals surface area contributed by atoms with E-state index < -0.39 is 11.9 Å². The highest BCUT2D eigenvalue weighted by molar-refractivity contribution is 7.17. The van der Waals surface area contributed by atoms with E-state index in [4.69, 9.17) is 23.2 Å². The van der Waals surface area contributed by atoms with E-state index in [2.05, 4.69) is 15.0 Å². The number of hydrogen-bond donors (Lipinski definition) is 1. The van der Waals surface area contributed by atoms with Crippen molar-refractivity contribution in [3.8, 4) is 0 Å². The number of benzene rings is 1. The highest BCUT2D eigenvalue weighted by atomic mass is 35.5. The van der Waals surface area contributed by atoms with Gasteiger partial charge in [-0.1, -0.05) is 40.6 Å². The van der Waals surface area contributed by atoms with E-state index in [1.807, 2.05) is 0 Å². The number of hydrogen-bond acceptors (Lipinski definition) is 5. The van der Waals surface area contributed by atoms with Gasteiger partial charge in [-0.15, -0.1) is 0 Å². The number of carbonyl (C=O) groups excluding carboxylic acids is 2. The number of thiazole rings is 1. The molecule has 0 aliphatic carbocycles. The highest BCUT2D eigenvalue weighted by Crippen LogP contribution is 2.26. The summed E-state index contributed by atoms with van der Waals surface area (Å²) in [6.07, 6.45) is 2.81.